The van der Waals surface area contributed by atoms with E-state index in [1.54, 1.807) is 0 Å². The summed E-state index contributed by atoms with van der Waals surface area (Å²) in [5, 5.41) is 0. The Morgan fingerprint density at radius 3 is 2.79 bits per heavy atom. The molecule has 0 saturated carbocycles. The minimum atomic E-state index is -3.36. The molecular weight excluding hydrogens is 345 g/mol. The molecule has 0 unspecified atom stereocenters. The van der Waals surface area contributed by atoms with Crippen molar-refractivity contribution in [3.8, 4) is 0 Å². The summed E-state index contributed by atoms with van der Waals surface area (Å²) in [6.45, 7) is 0.300. The molecule has 2 fully saturated rings. The van der Waals surface area contributed by atoms with E-state index in [0.29, 0.717) is 13.0 Å². The molecule has 3 rings (SSSR count). The van der Waals surface area contributed by atoms with E-state index in [-0.39, 0.29) is 12.3 Å². The molecule has 3 heterocycles. The number of rotatable bonds is 4. The highest BCUT2D eigenvalue weighted by atomic mass is 32.2. The molecule has 1 aromatic heterocycles. The van der Waals surface area contributed by atoms with Crippen molar-refractivity contribution in [2.45, 2.75) is 31.0 Å². The molecule has 0 aliphatic carbocycles. The van der Waals surface area contributed by atoms with E-state index in [9.17, 15) is 22.4 Å². The first-order chi connectivity index (χ1) is 11.3. The first kappa shape index (κ1) is 17.3. The zero-order valence-corrected chi connectivity index (χ0v) is 13.7. The highest BCUT2D eigenvalue weighted by Gasteiger charge is 2.48. The standard InChI is InChI=1S/C13H18FN3O6S/c1-22-11-8(7-16-4-2-6-24(16,20)21)23-12(10(11)14)17-5-3-9(18)15-13(17)19/h3,5,8,10-12H,2,4,6-7H2,1H3,(H,15,18,19)/t8-,10-,11-,12-/m1/s1. The molecule has 0 aromatic carbocycles. The zero-order valence-electron chi connectivity index (χ0n) is 12.9. The Morgan fingerprint density at radius 2 is 2.21 bits per heavy atom. The Hall–Kier alpha value is -1.56. The lowest BCUT2D eigenvalue weighted by Gasteiger charge is -2.22. The van der Waals surface area contributed by atoms with Crippen molar-refractivity contribution >= 4 is 10.0 Å². The zero-order chi connectivity index (χ0) is 17.5. The summed E-state index contributed by atoms with van der Waals surface area (Å²) in [6.07, 6.45) is -3.22. The van der Waals surface area contributed by atoms with Gasteiger partial charge in [-0.25, -0.2) is 17.6 Å². The Bertz CT molecular complexity index is 821. The third kappa shape index (κ3) is 3.04. The van der Waals surface area contributed by atoms with E-state index < -0.39 is 45.9 Å². The molecule has 4 atom stereocenters. The van der Waals surface area contributed by atoms with Crippen molar-refractivity contribution in [2.24, 2.45) is 0 Å². The molecule has 2 saturated heterocycles. The topological polar surface area (TPSA) is 111 Å². The van der Waals surface area contributed by atoms with Gasteiger partial charge in [0.25, 0.3) is 5.56 Å². The highest BCUT2D eigenvalue weighted by molar-refractivity contribution is 7.89. The average molecular weight is 363 g/mol. The lowest BCUT2D eigenvalue weighted by atomic mass is 10.1. The number of halogens is 1. The fourth-order valence-electron chi connectivity index (χ4n) is 3.07. The van der Waals surface area contributed by atoms with Crippen LogP contribution < -0.4 is 11.2 Å². The fourth-order valence-corrected chi connectivity index (χ4v) is 4.60. The average Bonchev–Trinajstić information content (AvgIpc) is 2.99. The van der Waals surface area contributed by atoms with Gasteiger partial charge in [0.15, 0.2) is 12.4 Å². The van der Waals surface area contributed by atoms with Crippen molar-refractivity contribution in [2.75, 3.05) is 26.0 Å². The Kier molecular flexibility index (Phi) is 4.60. The van der Waals surface area contributed by atoms with Crippen LogP contribution in [-0.4, -0.2) is 66.6 Å². The van der Waals surface area contributed by atoms with Crippen molar-refractivity contribution in [1.29, 1.82) is 0 Å². The van der Waals surface area contributed by atoms with Gasteiger partial charge in [0.2, 0.25) is 10.0 Å². The van der Waals surface area contributed by atoms with Gasteiger partial charge in [0.1, 0.15) is 12.2 Å². The van der Waals surface area contributed by atoms with Crippen molar-refractivity contribution in [1.82, 2.24) is 13.9 Å². The van der Waals surface area contributed by atoms with Crippen molar-refractivity contribution < 1.29 is 22.3 Å². The normalized spacial score (nSPS) is 33.1. The van der Waals surface area contributed by atoms with E-state index >= 15 is 0 Å². The van der Waals surface area contributed by atoms with Crippen LogP contribution in [0.1, 0.15) is 12.6 Å². The van der Waals surface area contributed by atoms with E-state index in [1.165, 1.54) is 11.4 Å². The quantitative estimate of drug-likeness (QED) is 0.721. The van der Waals surface area contributed by atoms with Gasteiger partial charge < -0.3 is 9.47 Å². The second-order valence-electron chi connectivity index (χ2n) is 5.75. The predicted molar refractivity (Wildman–Crippen MR) is 80.9 cm³/mol. The number of ether oxygens (including phenoxy) is 2. The van der Waals surface area contributed by atoms with Gasteiger partial charge in [-0.2, -0.15) is 4.31 Å². The van der Waals surface area contributed by atoms with Crippen LogP contribution in [0.3, 0.4) is 0 Å². The summed E-state index contributed by atoms with van der Waals surface area (Å²) in [7, 11) is -2.06. The molecule has 11 heteroatoms. The van der Waals surface area contributed by atoms with Gasteiger partial charge in [0.05, 0.1) is 5.75 Å². The number of sulfonamides is 1. The van der Waals surface area contributed by atoms with E-state index in [4.69, 9.17) is 9.47 Å². The summed E-state index contributed by atoms with van der Waals surface area (Å²) in [5.74, 6) is 0.0548. The Balaban J connectivity index is 1.84. The van der Waals surface area contributed by atoms with Gasteiger partial charge in [-0.3, -0.25) is 14.3 Å². The first-order valence-corrected chi connectivity index (χ1v) is 9.06. The van der Waals surface area contributed by atoms with Gasteiger partial charge in [-0.05, 0) is 6.42 Å². The van der Waals surface area contributed by atoms with Crippen LogP contribution in [0.2, 0.25) is 0 Å². The van der Waals surface area contributed by atoms with Crippen LogP contribution in [0.5, 0.6) is 0 Å². The molecule has 0 amide bonds. The number of alkyl halides is 1. The second kappa shape index (κ2) is 6.39. The Morgan fingerprint density at radius 1 is 1.46 bits per heavy atom. The number of nitrogens with one attached hydrogen (secondary N) is 1. The van der Waals surface area contributed by atoms with Crippen LogP contribution in [-0.2, 0) is 19.5 Å². The smallest absolute Gasteiger partial charge is 0.330 e. The molecular formula is C13H18FN3O6S. The lowest BCUT2D eigenvalue weighted by molar-refractivity contribution is -0.0368. The van der Waals surface area contributed by atoms with E-state index in [2.05, 4.69) is 0 Å². The molecule has 1 N–H and O–H groups in total. The second-order valence-corrected chi connectivity index (χ2v) is 7.84. The molecule has 134 valence electrons. The summed E-state index contributed by atoms with van der Waals surface area (Å²) >= 11 is 0. The summed E-state index contributed by atoms with van der Waals surface area (Å²) < 4.78 is 51.4. The number of H-pyrrole nitrogens is 1. The molecule has 2 aliphatic heterocycles. The monoisotopic (exact) mass is 363 g/mol. The van der Waals surface area contributed by atoms with Crippen molar-refractivity contribution in [3.05, 3.63) is 33.1 Å². The fraction of sp³-hybridized carbons (Fsp3) is 0.692. The number of aromatic nitrogens is 2. The van der Waals surface area contributed by atoms with Gasteiger partial charge in [-0.1, -0.05) is 0 Å². The molecule has 9 nitrogen and oxygen atoms in total. The molecule has 1 aromatic rings. The van der Waals surface area contributed by atoms with Crippen LogP contribution in [0.25, 0.3) is 0 Å². The third-order valence-electron chi connectivity index (χ3n) is 4.25. The van der Waals surface area contributed by atoms with E-state index in [0.717, 1.165) is 16.8 Å². The van der Waals surface area contributed by atoms with E-state index in [1.807, 2.05) is 4.98 Å². The van der Waals surface area contributed by atoms with Gasteiger partial charge >= 0.3 is 5.69 Å². The molecule has 2 aliphatic rings. The summed E-state index contributed by atoms with van der Waals surface area (Å²) in [4.78, 5) is 25.0. The van der Waals surface area contributed by atoms with Crippen LogP contribution >= 0.6 is 0 Å². The largest absolute Gasteiger partial charge is 0.375 e. The SMILES string of the molecule is CO[C@H]1[C@@H](F)[C@H](n2ccc(=O)[nH]c2=O)O[C@@H]1CN1CCCS1(=O)=O. The molecule has 0 radical (unpaired) electrons. The number of hydrogen-bond acceptors (Lipinski definition) is 6. The first-order valence-electron chi connectivity index (χ1n) is 7.45. The van der Waals surface area contributed by atoms with Crippen molar-refractivity contribution in [3.63, 3.8) is 0 Å². The maximum atomic E-state index is 14.7. The van der Waals surface area contributed by atoms with Crippen LogP contribution in [0.15, 0.2) is 21.9 Å². The third-order valence-corrected chi connectivity index (χ3v) is 6.17. The number of methoxy groups -OCH3 is 1. The van der Waals surface area contributed by atoms with Crippen LogP contribution in [0.4, 0.5) is 4.39 Å². The maximum Gasteiger partial charge on any atom is 0.330 e. The number of aromatic amines is 1. The van der Waals surface area contributed by atoms with Gasteiger partial charge in [0, 0.05) is 32.5 Å². The minimum absolute atomic E-state index is 0.0458. The summed E-state index contributed by atoms with van der Waals surface area (Å²) in [5.41, 5.74) is -1.41. The Labute approximate surface area is 137 Å². The lowest BCUT2D eigenvalue weighted by Crippen LogP contribution is -2.41. The minimum Gasteiger partial charge on any atom is -0.375 e. The highest BCUT2D eigenvalue weighted by Crippen LogP contribution is 2.33. The predicted octanol–water partition coefficient (Wildman–Crippen LogP) is -1.18. The maximum absolute atomic E-state index is 14.7. The molecule has 0 spiro atoms. The van der Waals surface area contributed by atoms with Crippen LogP contribution in [0, 0.1) is 0 Å². The van der Waals surface area contributed by atoms with Gasteiger partial charge in [-0.15, -0.1) is 0 Å². The molecule has 24 heavy (non-hydrogen) atoms. The number of hydrogen-bond donors (Lipinski definition) is 1. The number of nitrogens with zero attached hydrogens (tertiary/aromatic N) is 2. The summed E-state index contributed by atoms with van der Waals surface area (Å²) in [6, 6.07) is 1.08. The molecule has 0 bridgehead atoms.